The number of fused-ring (bicyclic) bond motifs is 1. The standard InChI is InChI=1S/C21H23BrN2O4S/c22-18-6-2-3-7-20(18)28-15-21(25)24-13-10-16-14-17(8-9-19(16)24)29(26,27)23-11-4-1-5-12-23/h2-3,6-9,14H,1,4-5,10-13,15H2. The van der Waals surface area contributed by atoms with Gasteiger partial charge in [-0.1, -0.05) is 18.6 Å². The molecule has 29 heavy (non-hydrogen) atoms. The van der Waals surface area contributed by atoms with Crippen molar-refractivity contribution in [3.63, 3.8) is 0 Å². The van der Waals surface area contributed by atoms with Gasteiger partial charge in [-0.05, 0) is 71.1 Å². The number of anilines is 1. The molecule has 1 fully saturated rings. The molecule has 2 heterocycles. The number of para-hydroxylation sites is 1. The Morgan fingerprint density at radius 2 is 1.79 bits per heavy atom. The molecule has 2 aromatic carbocycles. The maximum absolute atomic E-state index is 12.9. The third-order valence-corrected chi connectivity index (χ3v) is 7.94. The van der Waals surface area contributed by atoms with E-state index < -0.39 is 10.0 Å². The maximum Gasteiger partial charge on any atom is 0.264 e. The number of carbonyl (C=O) groups excluding carboxylic acids is 1. The molecule has 0 N–H and O–H groups in total. The molecule has 154 valence electrons. The average Bonchev–Trinajstić information content (AvgIpc) is 3.17. The van der Waals surface area contributed by atoms with Crippen LogP contribution in [0.1, 0.15) is 24.8 Å². The van der Waals surface area contributed by atoms with Crippen LogP contribution < -0.4 is 9.64 Å². The van der Waals surface area contributed by atoms with Crippen molar-refractivity contribution in [2.45, 2.75) is 30.6 Å². The number of amides is 1. The molecule has 4 rings (SSSR count). The van der Waals surface area contributed by atoms with Crippen LogP contribution in [0.2, 0.25) is 0 Å². The number of hydrogen-bond acceptors (Lipinski definition) is 4. The molecule has 0 radical (unpaired) electrons. The van der Waals surface area contributed by atoms with Crippen molar-refractivity contribution >= 4 is 37.5 Å². The molecule has 2 aromatic rings. The Morgan fingerprint density at radius 1 is 1.03 bits per heavy atom. The normalized spacial score (nSPS) is 17.2. The molecular weight excluding hydrogens is 456 g/mol. The Labute approximate surface area is 179 Å². The molecule has 0 atom stereocenters. The van der Waals surface area contributed by atoms with Gasteiger partial charge in [0.25, 0.3) is 5.91 Å². The third-order valence-electron chi connectivity index (χ3n) is 5.39. The second-order valence-corrected chi connectivity index (χ2v) is 10.1. The van der Waals surface area contributed by atoms with Crippen molar-refractivity contribution in [2.24, 2.45) is 0 Å². The number of hydrogen-bond donors (Lipinski definition) is 0. The third kappa shape index (κ3) is 4.20. The Balaban J connectivity index is 1.48. The Bertz CT molecular complexity index is 1020. The van der Waals surface area contributed by atoms with Gasteiger partial charge in [-0.2, -0.15) is 4.31 Å². The van der Waals surface area contributed by atoms with Gasteiger partial charge >= 0.3 is 0 Å². The number of sulfonamides is 1. The lowest BCUT2D eigenvalue weighted by Crippen LogP contribution is -2.35. The number of rotatable bonds is 5. The van der Waals surface area contributed by atoms with E-state index in [-0.39, 0.29) is 12.5 Å². The zero-order chi connectivity index (χ0) is 20.4. The van der Waals surface area contributed by atoms with Crippen molar-refractivity contribution in [3.8, 4) is 5.75 Å². The van der Waals surface area contributed by atoms with E-state index in [9.17, 15) is 13.2 Å². The molecule has 8 heteroatoms. The van der Waals surface area contributed by atoms with Crippen molar-refractivity contribution in [1.29, 1.82) is 0 Å². The van der Waals surface area contributed by atoms with E-state index in [2.05, 4.69) is 15.9 Å². The summed E-state index contributed by atoms with van der Waals surface area (Å²) < 4.78 is 33.8. The molecule has 6 nitrogen and oxygen atoms in total. The largest absolute Gasteiger partial charge is 0.483 e. The van der Waals surface area contributed by atoms with Crippen molar-refractivity contribution in [2.75, 3.05) is 31.1 Å². The second-order valence-electron chi connectivity index (χ2n) is 7.27. The van der Waals surface area contributed by atoms with E-state index in [1.165, 1.54) is 0 Å². The van der Waals surface area contributed by atoms with Crippen molar-refractivity contribution < 1.29 is 17.9 Å². The van der Waals surface area contributed by atoms with E-state index >= 15 is 0 Å². The Kier molecular flexibility index (Phi) is 5.94. The van der Waals surface area contributed by atoms with E-state index in [1.54, 1.807) is 33.5 Å². The first-order valence-electron chi connectivity index (χ1n) is 9.77. The molecule has 2 aliphatic rings. The number of halogens is 1. The first-order chi connectivity index (χ1) is 14.0. The highest BCUT2D eigenvalue weighted by molar-refractivity contribution is 9.10. The van der Waals surface area contributed by atoms with E-state index in [4.69, 9.17) is 4.74 Å². The molecule has 1 amide bonds. The molecule has 0 spiro atoms. The molecule has 0 aromatic heterocycles. The number of benzene rings is 2. The fourth-order valence-corrected chi connectivity index (χ4v) is 5.80. The van der Waals surface area contributed by atoms with Crippen LogP contribution in [0.5, 0.6) is 5.75 Å². The first-order valence-corrected chi connectivity index (χ1v) is 12.0. The van der Waals surface area contributed by atoms with Crippen LogP contribution in [0.15, 0.2) is 51.8 Å². The Hall–Kier alpha value is -1.90. The topological polar surface area (TPSA) is 66.9 Å². The molecule has 0 saturated carbocycles. The van der Waals surface area contributed by atoms with E-state index in [1.807, 2.05) is 18.2 Å². The highest BCUT2D eigenvalue weighted by atomic mass is 79.9. The number of carbonyl (C=O) groups is 1. The first kappa shape index (κ1) is 20.4. The summed E-state index contributed by atoms with van der Waals surface area (Å²) >= 11 is 3.40. The monoisotopic (exact) mass is 478 g/mol. The van der Waals surface area contributed by atoms with Gasteiger partial charge in [-0.15, -0.1) is 0 Å². The lowest BCUT2D eigenvalue weighted by atomic mass is 10.2. The summed E-state index contributed by atoms with van der Waals surface area (Å²) in [6.45, 7) is 1.61. The highest BCUT2D eigenvalue weighted by Crippen LogP contribution is 2.32. The average molecular weight is 479 g/mol. The Morgan fingerprint density at radius 3 is 2.55 bits per heavy atom. The van der Waals surface area contributed by atoms with Gasteiger partial charge in [0.15, 0.2) is 6.61 Å². The fourth-order valence-electron chi connectivity index (χ4n) is 3.83. The van der Waals surface area contributed by atoms with Crippen LogP contribution in [-0.4, -0.2) is 44.9 Å². The van der Waals surface area contributed by atoms with Gasteiger partial charge in [0.2, 0.25) is 10.0 Å². The molecule has 0 bridgehead atoms. The van der Waals surface area contributed by atoms with Gasteiger partial charge in [-0.3, -0.25) is 4.79 Å². The predicted molar refractivity (Wildman–Crippen MR) is 115 cm³/mol. The second kappa shape index (κ2) is 8.45. The molecular formula is C21H23BrN2O4S. The fraction of sp³-hybridized carbons (Fsp3) is 0.381. The molecule has 1 saturated heterocycles. The van der Waals surface area contributed by atoms with Crippen LogP contribution in [-0.2, 0) is 21.2 Å². The van der Waals surface area contributed by atoms with Crippen molar-refractivity contribution in [3.05, 3.63) is 52.5 Å². The summed E-state index contributed by atoms with van der Waals surface area (Å²) in [4.78, 5) is 14.7. The van der Waals surface area contributed by atoms with E-state index in [0.717, 1.165) is 35.0 Å². The summed E-state index contributed by atoms with van der Waals surface area (Å²) in [5.41, 5.74) is 1.65. The van der Waals surface area contributed by atoms with E-state index in [0.29, 0.717) is 36.7 Å². The number of ether oxygens (including phenoxy) is 1. The summed E-state index contributed by atoms with van der Waals surface area (Å²) in [5, 5.41) is 0. The zero-order valence-corrected chi connectivity index (χ0v) is 18.4. The lowest BCUT2D eigenvalue weighted by Gasteiger charge is -2.26. The minimum atomic E-state index is -3.47. The smallest absolute Gasteiger partial charge is 0.264 e. The van der Waals surface area contributed by atoms with Crippen LogP contribution in [0.4, 0.5) is 5.69 Å². The minimum absolute atomic E-state index is 0.0735. The van der Waals surface area contributed by atoms with Crippen LogP contribution in [0.25, 0.3) is 0 Å². The zero-order valence-electron chi connectivity index (χ0n) is 16.0. The summed E-state index contributed by atoms with van der Waals surface area (Å²) in [6.07, 6.45) is 3.53. The van der Waals surface area contributed by atoms with Gasteiger partial charge in [0, 0.05) is 25.3 Å². The maximum atomic E-state index is 12.9. The van der Waals surface area contributed by atoms with Crippen LogP contribution in [0, 0.1) is 0 Å². The summed E-state index contributed by atoms with van der Waals surface area (Å²) in [6, 6.07) is 12.5. The quantitative estimate of drug-likeness (QED) is 0.658. The number of piperidine rings is 1. The number of nitrogens with zero attached hydrogens (tertiary/aromatic N) is 2. The molecule has 0 aliphatic carbocycles. The lowest BCUT2D eigenvalue weighted by molar-refractivity contribution is -0.120. The molecule has 2 aliphatic heterocycles. The van der Waals surface area contributed by atoms with Crippen LogP contribution >= 0.6 is 15.9 Å². The minimum Gasteiger partial charge on any atom is -0.483 e. The SMILES string of the molecule is O=C(COc1ccccc1Br)N1CCc2cc(S(=O)(=O)N3CCCCC3)ccc21. The van der Waals surface area contributed by atoms with Crippen molar-refractivity contribution in [1.82, 2.24) is 4.31 Å². The molecule has 0 unspecified atom stereocenters. The van der Waals surface area contributed by atoms with Gasteiger partial charge in [0.1, 0.15) is 5.75 Å². The van der Waals surface area contributed by atoms with Gasteiger partial charge in [0.05, 0.1) is 9.37 Å². The predicted octanol–water partition coefficient (Wildman–Crippen LogP) is 3.59. The van der Waals surface area contributed by atoms with Gasteiger partial charge in [-0.25, -0.2) is 8.42 Å². The summed E-state index contributed by atoms with van der Waals surface area (Å²) in [5.74, 6) is 0.467. The van der Waals surface area contributed by atoms with Crippen LogP contribution in [0.3, 0.4) is 0 Å². The summed E-state index contributed by atoms with van der Waals surface area (Å²) in [7, 11) is -3.47. The van der Waals surface area contributed by atoms with Gasteiger partial charge < -0.3 is 9.64 Å². The highest BCUT2D eigenvalue weighted by Gasteiger charge is 2.30.